The van der Waals surface area contributed by atoms with E-state index in [9.17, 15) is 14.4 Å². The van der Waals surface area contributed by atoms with Crippen LogP contribution in [0.3, 0.4) is 0 Å². The highest BCUT2D eigenvalue weighted by atomic mass is 16.4. The fraction of sp³-hybridized carbons (Fsp3) is 0.471. The zero-order valence-corrected chi connectivity index (χ0v) is 12.0. The number of aliphatic carboxylic acids is 1. The molecule has 1 heterocycles. The van der Waals surface area contributed by atoms with Crippen molar-refractivity contribution in [3.05, 3.63) is 35.9 Å². The Kier molecular flexibility index (Phi) is 2.86. The van der Waals surface area contributed by atoms with E-state index in [0.29, 0.717) is 5.92 Å². The van der Waals surface area contributed by atoms with E-state index in [-0.39, 0.29) is 35.5 Å². The molecule has 1 aliphatic heterocycles. The molecule has 0 aromatic heterocycles. The Balaban J connectivity index is 1.64. The van der Waals surface area contributed by atoms with Gasteiger partial charge in [0.1, 0.15) is 6.54 Å². The van der Waals surface area contributed by atoms with E-state index in [1.54, 1.807) is 0 Å². The average molecular weight is 299 g/mol. The van der Waals surface area contributed by atoms with Crippen LogP contribution in [0, 0.1) is 23.7 Å². The topological polar surface area (TPSA) is 74.7 Å². The molecule has 1 aromatic carbocycles. The molecule has 0 radical (unpaired) electrons. The number of nitrogens with zero attached hydrogens (tertiary/aromatic N) is 1. The van der Waals surface area contributed by atoms with Gasteiger partial charge in [-0.1, -0.05) is 30.3 Å². The summed E-state index contributed by atoms with van der Waals surface area (Å²) in [4.78, 5) is 36.8. The molecule has 2 amide bonds. The van der Waals surface area contributed by atoms with E-state index in [0.717, 1.165) is 17.7 Å². The van der Waals surface area contributed by atoms with Crippen molar-refractivity contribution in [2.45, 2.75) is 18.8 Å². The molecule has 2 bridgehead atoms. The summed E-state index contributed by atoms with van der Waals surface area (Å²) in [6, 6.07) is 10.1. The van der Waals surface area contributed by atoms with Crippen LogP contribution in [0.2, 0.25) is 0 Å². The maximum atomic E-state index is 12.5. The summed E-state index contributed by atoms with van der Waals surface area (Å²) in [5, 5.41) is 8.90. The van der Waals surface area contributed by atoms with Crippen molar-refractivity contribution >= 4 is 17.8 Å². The monoisotopic (exact) mass is 299 g/mol. The summed E-state index contributed by atoms with van der Waals surface area (Å²) in [6.45, 7) is -0.500. The van der Waals surface area contributed by atoms with Gasteiger partial charge in [-0.05, 0) is 36.2 Å². The normalized spacial score (nSPS) is 36.0. The number of imide groups is 1. The molecule has 5 nitrogen and oxygen atoms in total. The average Bonchev–Trinajstić information content (AvgIpc) is 3.15. The van der Waals surface area contributed by atoms with Crippen molar-refractivity contribution in [3.63, 3.8) is 0 Å². The summed E-state index contributed by atoms with van der Waals surface area (Å²) in [7, 11) is 0. The maximum Gasteiger partial charge on any atom is 0.323 e. The molecule has 2 aliphatic carbocycles. The number of likely N-dealkylation sites (tertiary alicyclic amines) is 1. The minimum atomic E-state index is -1.13. The first-order valence-corrected chi connectivity index (χ1v) is 7.70. The van der Waals surface area contributed by atoms with E-state index in [1.807, 2.05) is 18.2 Å². The van der Waals surface area contributed by atoms with Crippen molar-refractivity contribution < 1.29 is 19.5 Å². The van der Waals surface area contributed by atoms with E-state index < -0.39 is 12.5 Å². The summed E-state index contributed by atoms with van der Waals surface area (Å²) in [6.07, 6.45) is 1.84. The van der Waals surface area contributed by atoms with Crippen LogP contribution in [-0.4, -0.2) is 34.3 Å². The largest absolute Gasteiger partial charge is 0.480 e. The Labute approximate surface area is 127 Å². The van der Waals surface area contributed by atoms with Crippen LogP contribution >= 0.6 is 0 Å². The molecule has 3 aliphatic rings. The van der Waals surface area contributed by atoms with Crippen LogP contribution in [0.1, 0.15) is 24.3 Å². The summed E-state index contributed by atoms with van der Waals surface area (Å²) in [5.41, 5.74) is 1.23. The lowest BCUT2D eigenvalue weighted by Crippen LogP contribution is -2.37. The highest BCUT2D eigenvalue weighted by Crippen LogP contribution is 2.61. The third-order valence-corrected chi connectivity index (χ3v) is 5.63. The van der Waals surface area contributed by atoms with Gasteiger partial charge in [-0.3, -0.25) is 19.3 Å². The minimum absolute atomic E-state index is 0.174. The third-order valence-electron chi connectivity index (χ3n) is 5.63. The lowest BCUT2D eigenvalue weighted by atomic mass is 9.73. The maximum absolute atomic E-state index is 12.5. The molecular formula is C17H17NO4. The molecule has 2 saturated carbocycles. The smallest absolute Gasteiger partial charge is 0.323 e. The van der Waals surface area contributed by atoms with Gasteiger partial charge in [-0.2, -0.15) is 0 Å². The number of carbonyl (C=O) groups is 3. The van der Waals surface area contributed by atoms with Crippen molar-refractivity contribution in [1.82, 2.24) is 4.90 Å². The zero-order chi connectivity index (χ0) is 15.4. The van der Waals surface area contributed by atoms with Crippen LogP contribution in [0.4, 0.5) is 0 Å². The number of carbonyl (C=O) groups excluding carboxylic acids is 2. The van der Waals surface area contributed by atoms with Gasteiger partial charge in [0.15, 0.2) is 0 Å². The summed E-state index contributed by atoms with van der Waals surface area (Å²) >= 11 is 0. The number of carboxylic acid groups (broad SMARTS) is 1. The molecule has 1 aromatic rings. The van der Waals surface area contributed by atoms with Gasteiger partial charge < -0.3 is 5.11 Å². The molecule has 22 heavy (non-hydrogen) atoms. The lowest BCUT2D eigenvalue weighted by Gasteiger charge is -2.28. The van der Waals surface area contributed by atoms with Gasteiger partial charge in [-0.15, -0.1) is 0 Å². The van der Waals surface area contributed by atoms with E-state index >= 15 is 0 Å². The zero-order valence-electron chi connectivity index (χ0n) is 12.0. The van der Waals surface area contributed by atoms with Crippen molar-refractivity contribution in [1.29, 1.82) is 0 Å². The Morgan fingerprint density at radius 2 is 1.77 bits per heavy atom. The van der Waals surface area contributed by atoms with Crippen molar-refractivity contribution in [2.24, 2.45) is 23.7 Å². The molecule has 0 spiro atoms. The van der Waals surface area contributed by atoms with Crippen LogP contribution in [0.15, 0.2) is 30.3 Å². The van der Waals surface area contributed by atoms with Gasteiger partial charge in [0.2, 0.25) is 11.8 Å². The highest BCUT2D eigenvalue weighted by Gasteiger charge is 2.63. The van der Waals surface area contributed by atoms with Gasteiger partial charge in [0.25, 0.3) is 0 Å². The molecular weight excluding hydrogens is 282 g/mol. The molecule has 114 valence electrons. The first-order chi connectivity index (χ1) is 10.6. The number of hydrogen-bond acceptors (Lipinski definition) is 3. The van der Waals surface area contributed by atoms with Crippen molar-refractivity contribution in [2.75, 3.05) is 6.54 Å². The molecule has 3 fully saturated rings. The molecule has 4 rings (SSSR count). The van der Waals surface area contributed by atoms with Gasteiger partial charge in [-0.25, -0.2) is 0 Å². The Hall–Kier alpha value is -2.17. The number of amides is 2. The molecule has 1 N–H and O–H groups in total. The molecule has 0 unspecified atom stereocenters. The highest BCUT2D eigenvalue weighted by molar-refractivity contribution is 6.07. The Bertz CT molecular complexity index is 656. The summed E-state index contributed by atoms with van der Waals surface area (Å²) < 4.78 is 0. The Morgan fingerprint density at radius 1 is 1.09 bits per heavy atom. The third kappa shape index (κ3) is 1.74. The second-order valence-corrected chi connectivity index (χ2v) is 6.62. The molecule has 1 saturated heterocycles. The minimum Gasteiger partial charge on any atom is -0.480 e. The van der Waals surface area contributed by atoms with E-state index in [2.05, 4.69) is 12.1 Å². The summed E-state index contributed by atoms with van der Waals surface area (Å²) in [5.74, 6) is -1.56. The standard InChI is InChI=1S/C17H17NO4/c19-13(20)8-18-16(21)14-10-6-11(9-4-2-1-3-5-9)12(7-10)15(14)17(18)22/h1-5,10-12,14-15H,6-8H2,(H,19,20)/t10-,11-,12+,14+,15+/m0/s1. The van der Waals surface area contributed by atoms with E-state index in [4.69, 9.17) is 5.11 Å². The second kappa shape index (κ2) is 4.66. The van der Waals surface area contributed by atoms with Crippen LogP contribution in [0.25, 0.3) is 0 Å². The van der Waals surface area contributed by atoms with Crippen LogP contribution in [0.5, 0.6) is 0 Å². The van der Waals surface area contributed by atoms with Gasteiger partial charge >= 0.3 is 5.97 Å². The second-order valence-electron chi connectivity index (χ2n) is 6.62. The number of rotatable bonds is 3. The van der Waals surface area contributed by atoms with Crippen molar-refractivity contribution in [3.8, 4) is 0 Å². The predicted octanol–water partition coefficient (Wildman–Crippen LogP) is 1.50. The Morgan fingerprint density at radius 3 is 2.45 bits per heavy atom. The number of carboxylic acids is 1. The van der Waals surface area contributed by atoms with Gasteiger partial charge in [0.05, 0.1) is 11.8 Å². The van der Waals surface area contributed by atoms with Crippen LogP contribution < -0.4 is 0 Å². The van der Waals surface area contributed by atoms with Gasteiger partial charge in [0, 0.05) is 0 Å². The molecule has 5 heteroatoms. The first-order valence-electron chi connectivity index (χ1n) is 7.70. The number of benzene rings is 1. The fourth-order valence-corrected chi connectivity index (χ4v) is 4.90. The lowest BCUT2D eigenvalue weighted by molar-refractivity contribution is -0.149. The molecule has 5 atom stereocenters. The predicted molar refractivity (Wildman–Crippen MR) is 76.7 cm³/mol. The van der Waals surface area contributed by atoms with Crippen LogP contribution in [-0.2, 0) is 14.4 Å². The first kappa shape index (κ1) is 13.5. The SMILES string of the molecule is O=C(O)CN1C(=O)[C@@H]2[C@@H]3C[C@@H]([C@H]2C1=O)[C@H](c1ccccc1)C3. The number of fused-ring (bicyclic) bond motifs is 5. The fourth-order valence-electron chi connectivity index (χ4n) is 4.90. The number of hydrogen-bond donors (Lipinski definition) is 1. The van der Waals surface area contributed by atoms with E-state index in [1.165, 1.54) is 5.56 Å². The quantitative estimate of drug-likeness (QED) is 0.858.